The fraction of sp³-hybridized carbons (Fsp3) is 0.533. The maximum Gasteiger partial charge on any atom is 0.224 e. The number of benzene rings is 1. The molecule has 0 bridgehead atoms. The summed E-state index contributed by atoms with van der Waals surface area (Å²) in [6.45, 7) is 0. The van der Waals surface area contributed by atoms with Crippen LogP contribution in [0.4, 0.5) is 0 Å². The number of carbonyl (C=O) groups excluding carboxylic acids is 1. The Morgan fingerprint density at radius 3 is 2.39 bits per heavy atom. The van der Waals surface area contributed by atoms with Gasteiger partial charge >= 0.3 is 0 Å². The predicted octanol–water partition coefficient (Wildman–Crippen LogP) is 2.24. The second kappa shape index (κ2) is 4.63. The number of para-hydroxylation sites is 1. The van der Waals surface area contributed by atoms with Gasteiger partial charge in [0.25, 0.3) is 0 Å². The summed E-state index contributed by atoms with van der Waals surface area (Å²) in [7, 11) is 0. The molecule has 1 aromatic rings. The Bertz CT molecular complexity index is 438. The van der Waals surface area contributed by atoms with Gasteiger partial charge in [0.05, 0.1) is 6.42 Å². The zero-order chi connectivity index (χ0) is 12.5. The van der Waals surface area contributed by atoms with Crippen LogP contribution >= 0.6 is 0 Å². The summed E-state index contributed by atoms with van der Waals surface area (Å²) in [6.07, 6.45) is 5.33. The van der Waals surface area contributed by atoms with Crippen molar-refractivity contribution in [2.45, 2.75) is 38.1 Å². The molecule has 0 spiro atoms. The van der Waals surface area contributed by atoms with Gasteiger partial charge in [-0.2, -0.15) is 0 Å². The Hall–Kier alpha value is -1.51. The van der Waals surface area contributed by atoms with E-state index in [2.05, 4.69) is 5.32 Å². The van der Waals surface area contributed by atoms with Crippen LogP contribution in [0.1, 0.15) is 31.2 Å². The van der Waals surface area contributed by atoms with Crippen molar-refractivity contribution in [3.05, 3.63) is 29.8 Å². The van der Waals surface area contributed by atoms with Crippen LogP contribution in [0.2, 0.25) is 0 Å². The molecular formula is C15H19NO2. The number of amides is 1. The van der Waals surface area contributed by atoms with Crippen molar-refractivity contribution >= 4 is 5.91 Å². The fourth-order valence-corrected chi connectivity index (χ4v) is 2.60. The minimum absolute atomic E-state index is 0.0419. The van der Waals surface area contributed by atoms with Gasteiger partial charge in [-0.25, -0.2) is 0 Å². The van der Waals surface area contributed by atoms with E-state index in [1.165, 1.54) is 25.7 Å². The predicted molar refractivity (Wildman–Crippen MR) is 69.2 cm³/mol. The summed E-state index contributed by atoms with van der Waals surface area (Å²) in [6, 6.07) is 7.44. The largest absolute Gasteiger partial charge is 0.508 e. The molecule has 2 saturated carbocycles. The maximum absolute atomic E-state index is 12.0. The molecule has 0 saturated heterocycles. The number of nitrogens with one attached hydrogen (secondary N) is 1. The number of hydrogen-bond donors (Lipinski definition) is 2. The first-order valence-corrected chi connectivity index (χ1v) is 6.80. The average molecular weight is 245 g/mol. The van der Waals surface area contributed by atoms with Gasteiger partial charge in [-0.1, -0.05) is 18.2 Å². The molecule has 1 amide bonds. The number of hydrogen-bond acceptors (Lipinski definition) is 2. The molecule has 2 aliphatic rings. The van der Waals surface area contributed by atoms with Crippen LogP contribution in [0.5, 0.6) is 5.75 Å². The van der Waals surface area contributed by atoms with E-state index in [-0.39, 0.29) is 18.1 Å². The third-order valence-corrected chi connectivity index (χ3v) is 3.93. The first-order chi connectivity index (χ1) is 8.74. The molecule has 0 aliphatic heterocycles. The molecule has 0 unspecified atom stereocenters. The highest BCUT2D eigenvalue weighted by atomic mass is 16.3. The van der Waals surface area contributed by atoms with Crippen molar-refractivity contribution in [2.24, 2.45) is 11.8 Å². The summed E-state index contributed by atoms with van der Waals surface area (Å²) in [5.41, 5.74) is 0.709. The molecule has 0 aromatic heterocycles. The lowest BCUT2D eigenvalue weighted by atomic mass is 10.1. The molecule has 96 valence electrons. The van der Waals surface area contributed by atoms with E-state index in [4.69, 9.17) is 0 Å². The van der Waals surface area contributed by atoms with E-state index in [0.717, 1.165) is 0 Å². The van der Waals surface area contributed by atoms with Crippen LogP contribution in [0.3, 0.4) is 0 Å². The highest BCUT2D eigenvalue weighted by molar-refractivity contribution is 5.79. The van der Waals surface area contributed by atoms with Crippen LogP contribution in [-0.2, 0) is 11.2 Å². The summed E-state index contributed by atoms with van der Waals surface area (Å²) < 4.78 is 0. The van der Waals surface area contributed by atoms with Gasteiger partial charge in [0.15, 0.2) is 0 Å². The van der Waals surface area contributed by atoms with Crippen molar-refractivity contribution < 1.29 is 9.90 Å². The zero-order valence-electron chi connectivity index (χ0n) is 10.4. The highest BCUT2D eigenvalue weighted by Crippen LogP contribution is 2.44. The molecular weight excluding hydrogens is 226 g/mol. The molecule has 2 N–H and O–H groups in total. The van der Waals surface area contributed by atoms with E-state index < -0.39 is 0 Å². The van der Waals surface area contributed by atoms with Crippen molar-refractivity contribution in [3.63, 3.8) is 0 Å². The Kier molecular flexibility index (Phi) is 2.98. The molecule has 0 atom stereocenters. The number of carbonyl (C=O) groups is 1. The van der Waals surface area contributed by atoms with E-state index >= 15 is 0 Å². The Labute approximate surface area is 107 Å². The van der Waals surface area contributed by atoms with E-state index in [1.807, 2.05) is 6.07 Å². The van der Waals surface area contributed by atoms with Crippen molar-refractivity contribution in [1.82, 2.24) is 5.32 Å². The van der Waals surface area contributed by atoms with Crippen LogP contribution in [0.25, 0.3) is 0 Å². The first kappa shape index (κ1) is 11.6. The van der Waals surface area contributed by atoms with Gasteiger partial charge < -0.3 is 10.4 Å². The lowest BCUT2D eigenvalue weighted by Gasteiger charge is -2.17. The zero-order valence-corrected chi connectivity index (χ0v) is 10.4. The normalized spacial score (nSPS) is 18.9. The molecule has 1 aromatic carbocycles. The maximum atomic E-state index is 12.0. The molecule has 3 heteroatoms. The van der Waals surface area contributed by atoms with Gasteiger partial charge in [-0.3, -0.25) is 4.79 Å². The van der Waals surface area contributed by atoms with Crippen LogP contribution in [0.15, 0.2) is 24.3 Å². The lowest BCUT2D eigenvalue weighted by molar-refractivity contribution is -0.121. The van der Waals surface area contributed by atoms with Crippen molar-refractivity contribution in [1.29, 1.82) is 0 Å². The quantitative estimate of drug-likeness (QED) is 0.835. The topological polar surface area (TPSA) is 49.3 Å². The number of aromatic hydroxyl groups is 1. The van der Waals surface area contributed by atoms with E-state index in [1.54, 1.807) is 18.2 Å². The van der Waals surface area contributed by atoms with Gasteiger partial charge in [0.2, 0.25) is 5.91 Å². The summed E-state index contributed by atoms with van der Waals surface area (Å²) in [5, 5.41) is 12.8. The first-order valence-electron chi connectivity index (χ1n) is 6.80. The highest BCUT2D eigenvalue weighted by Gasteiger charge is 2.42. The van der Waals surface area contributed by atoms with Gasteiger partial charge in [0.1, 0.15) is 5.75 Å². The standard InChI is InChI=1S/C15H19NO2/c17-13-4-2-1-3-12(13)9-14(18)16-15(10-5-6-10)11-7-8-11/h1-4,10-11,15,17H,5-9H2,(H,16,18). The molecule has 2 aliphatic carbocycles. The fourth-order valence-electron chi connectivity index (χ4n) is 2.60. The van der Waals surface area contributed by atoms with Gasteiger partial charge in [0, 0.05) is 11.6 Å². The SMILES string of the molecule is O=C(Cc1ccccc1O)NC(C1CC1)C1CC1. The van der Waals surface area contributed by atoms with Gasteiger partial charge in [-0.15, -0.1) is 0 Å². The second-order valence-electron chi connectivity index (χ2n) is 5.57. The second-order valence-corrected chi connectivity index (χ2v) is 5.57. The molecule has 3 nitrogen and oxygen atoms in total. The molecule has 0 heterocycles. The minimum atomic E-state index is 0.0419. The molecule has 0 radical (unpaired) electrons. The Morgan fingerprint density at radius 1 is 1.22 bits per heavy atom. The van der Waals surface area contributed by atoms with Crippen LogP contribution in [-0.4, -0.2) is 17.1 Å². The minimum Gasteiger partial charge on any atom is -0.508 e. The third kappa shape index (κ3) is 2.66. The van der Waals surface area contributed by atoms with E-state index in [9.17, 15) is 9.90 Å². The summed E-state index contributed by atoms with van der Waals surface area (Å²) in [4.78, 5) is 12.0. The number of phenols is 1. The third-order valence-electron chi connectivity index (χ3n) is 3.93. The average Bonchev–Trinajstić information content (AvgIpc) is 3.22. The lowest BCUT2D eigenvalue weighted by Crippen LogP contribution is -2.38. The Balaban J connectivity index is 1.59. The summed E-state index contributed by atoms with van der Waals surface area (Å²) >= 11 is 0. The molecule has 2 fully saturated rings. The van der Waals surface area contributed by atoms with Crippen LogP contribution in [0, 0.1) is 11.8 Å². The van der Waals surface area contributed by atoms with Crippen LogP contribution < -0.4 is 5.32 Å². The van der Waals surface area contributed by atoms with Gasteiger partial charge in [-0.05, 0) is 43.6 Å². The number of rotatable bonds is 5. The number of phenolic OH excluding ortho intramolecular Hbond substituents is 1. The van der Waals surface area contributed by atoms with E-state index in [0.29, 0.717) is 23.4 Å². The summed E-state index contributed by atoms with van der Waals surface area (Å²) in [5.74, 6) is 1.68. The van der Waals surface area contributed by atoms with Crippen molar-refractivity contribution in [3.8, 4) is 5.75 Å². The van der Waals surface area contributed by atoms with Crippen molar-refractivity contribution in [2.75, 3.05) is 0 Å². The molecule has 18 heavy (non-hydrogen) atoms. The smallest absolute Gasteiger partial charge is 0.224 e. The Morgan fingerprint density at radius 2 is 1.83 bits per heavy atom. The molecule has 3 rings (SSSR count). The monoisotopic (exact) mass is 245 g/mol.